The number of carboxylic acids is 1. The van der Waals surface area contributed by atoms with Crippen molar-refractivity contribution < 1.29 is 173 Å². The zero-order valence-electron chi connectivity index (χ0n) is 72.1. The maximum absolute atomic E-state index is 13.7. The van der Waals surface area contributed by atoms with Crippen LogP contribution in [0.1, 0.15) is 265 Å². The van der Waals surface area contributed by atoms with E-state index in [9.17, 15) is 117 Å². The molecule has 0 aromatic heterocycles. The molecular weight excluding hydrogens is 1610 g/mol. The summed E-state index contributed by atoms with van der Waals surface area (Å²) >= 11 is 0. The van der Waals surface area contributed by atoms with E-state index in [1.54, 1.807) is 6.08 Å². The van der Waals surface area contributed by atoms with Crippen LogP contribution in [0.15, 0.2) is 12.2 Å². The molecule has 6 saturated heterocycles. The molecule has 0 bridgehead atoms. The van der Waals surface area contributed by atoms with Crippen molar-refractivity contribution in [2.24, 2.45) is 0 Å². The van der Waals surface area contributed by atoms with E-state index in [1.165, 1.54) is 167 Å². The summed E-state index contributed by atoms with van der Waals surface area (Å²) in [6.07, 6.45) is -17.3. The molecule has 0 radical (unpaired) electrons. The maximum atomic E-state index is 13.7. The number of carboxylic acid groups (broad SMARTS) is 1. The molecule has 6 fully saturated rings. The van der Waals surface area contributed by atoms with Crippen LogP contribution in [0.25, 0.3) is 0 Å². The third-order valence-corrected chi connectivity index (χ3v) is 24.3. The quantitative estimate of drug-likeness (QED) is 0.0296. The lowest BCUT2D eigenvalue weighted by molar-refractivity contribution is -0.401. The molecule has 33 atom stereocenters. The zero-order valence-corrected chi connectivity index (χ0v) is 72.1. The predicted molar refractivity (Wildman–Crippen MR) is 435 cm³/mol. The minimum Gasteiger partial charge on any atom is -0.477 e. The Bertz CT molecular complexity index is 2830. The standard InChI is InChI=1S/C85H154N2O35/c1-5-7-9-11-13-15-17-19-20-21-22-23-24-25-26-27-28-30-32-34-36-38-40-42-60(97)87-52(53(94)41-39-37-35-33-31-29-18-16-14-12-10-8-6-2)49-111-80-70(106)68(104)73(58(47-91)116-80)117-82-71(107)76(65(101)56(45-89)113-82)120-79-61(86-51(4)93)75(119-81-69(105)67(103)62(98)50(3)112-81)74(59(48-92)115-79)118-83-72(108)78(66(102)57(46-90)114-83)122-85(84(109)110)43-54(95)63(99)77(121-85)64(100)55(96)44-88/h39,41,50,52-59,61-83,88-92,94-96,98-108H,5-38,40,42-49H2,1-4H3,(H,86,93)(H,87,97)(H,109,110)/b41-39+/t50?,52-,53+,54?,55+,56?,57?,58?,59?,61?,62+,63+,64+,65-,66-,67?,68+,69-,70?,71?,72?,73+,74+,75+,76-,77?,78-,79-,80+,81+,82-,83-,85-/m0/s1. The Morgan fingerprint density at radius 3 is 1.33 bits per heavy atom. The van der Waals surface area contributed by atoms with Crippen molar-refractivity contribution in [3.8, 4) is 0 Å². The number of nitrogens with one attached hydrogen (secondary N) is 2. The van der Waals surface area contributed by atoms with E-state index in [1.807, 2.05) is 6.08 Å². The number of rotatable bonds is 61. The lowest BCUT2D eigenvalue weighted by Crippen LogP contribution is -2.72. The summed E-state index contributed by atoms with van der Waals surface area (Å²) < 4.78 is 71.8. The van der Waals surface area contributed by atoms with Crippen LogP contribution in [0.2, 0.25) is 0 Å². The van der Waals surface area contributed by atoms with Gasteiger partial charge in [-0.05, 0) is 26.2 Å². The average Bonchev–Trinajstić information content (AvgIpc) is 0.754. The van der Waals surface area contributed by atoms with Crippen molar-refractivity contribution >= 4 is 17.8 Å². The number of carbonyl (C=O) groups is 3. The molecule has 0 spiro atoms. The summed E-state index contributed by atoms with van der Waals surface area (Å²) in [5.41, 5.74) is 0. The van der Waals surface area contributed by atoms with Gasteiger partial charge in [0, 0.05) is 19.8 Å². The summed E-state index contributed by atoms with van der Waals surface area (Å²) in [4.78, 5) is 40.3. The van der Waals surface area contributed by atoms with E-state index in [4.69, 9.17) is 56.8 Å². The molecule has 37 heteroatoms. The van der Waals surface area contributed by atoms with Crippen LogP contribution in [0.4, 0.5) is 0 Å². The van der Waals surface area contributed by atoms with Gasteiger partial charge < -0.3 is 170 Å². The number of carbonyl (C=O) groups excluding carboxylic acids is 2. The van der Waals surface area contributed by atoms with Gasteiger partial charge in [0.2, 0.25) is 11.8 Å². The van der Waals surface area contributed by atoms with Crippen LogP contribution in [0, 0.1) is 0 Å². The topological polar surface area (TPSA) is 591 Å². The van der Waals surface area contributed by atoms with Crippen LogP contribution < -0.4 is 10.6 Å². The van der Waals surface area contributed by atoms with Crippen LogP contribution >= 0.6 is 0 Å². The van der Waals surface area contributed by atoms with Crippen LogP contribution in [-0.2, 0) is 71.2 Å². The Hall–Kier alpha value is -3.09. The van der Waals surface area contributed by atoms with Gasteiger partial charge in [0.25, 0.3) is 5.79 Å². The Morgan fingerprint density at radius 2 is 0.852 bits per heavy atom. The Kier molecular flexibility index (Phi) is 51.1. The normalized spacial score (nSPS) is 35.7. The van der Waals surface area contributed by atoms with Crippen LogP contribution in [0.3, 0.4) is 0 Å². The molecule has 6 aliphatic rings. The minimum atomic E-state index is -3.27. The zero-order chi connectivity index (χ0) is 89.4. The SMILES string of the molecule is CCCCCCCCCCCCC/C=C/[C@@H](O)[C@H](CO[C@@H]1OC(CO)[C@@H](O[C@@H]2OC(CO)[C@H](O)[C@H](O[C@@H]3OC(CO)[C@@H](O[C@@H]4OC(CO)[C@H](O)[C@H](O[C@]5(C(=O)O)CC(O)[C@@H](O)C([C@H](O)[C@H](O)CO)O5)C4O)[C@H](O[C@H]4OC(C)[C@@H](O)C(O)[C@@H]4O)C3NC(C)=O)C2O)[C@H](O)C1O)NC(=O)CCCCCCCCCCCCCCCCCCCCCCCCC. The first-order chi connectivity index (χ1) is 58.6. The van der Waals surface area contributed by atoms with Crippen molar-refractivity contribution in [2.75, 3.05) is 39.6 Å². The third-order valence-electron chi connectivity index (χ3n) is 24.3. The van der Waals surface area contributed by atoms with E-state index in [0.29, 0.717) is 12.8 Å². The summed E-state index contributed by atoms with van der Waals surface area (Å²) in [5, 5.41) is 228. The maximum Gasteiger partial charge on any atom is 0.364 e. The first-order valence-electron chi connectivity index (χ1n) is 45.5. The Labute approximate surface area is 718 Å². The van der Waals surface area contributed by atoms with Gasteiger partial charge in [-0.3, -0.25) is 9.59 Å². The Morgan fingerprint density at radius 1 is 0.443 bits per heavy atom. The highest BCUT2D eigenvalue weighted by Gasteiger charge is 2.62. The minimum absolute atomic E-state index is 0.154. The molecule has 0 saturated carbocycles. The van der Waals surface area contributed by atoms with Gasteiger partial charge in [0.15, 0.2) is 31.5 Å². The second-order valence-electron chi connectivity index (χ2n) is 34.2. The number of amides is 2. The highest BCUT2D eigenvalue weighted by molar-refractivity contribution is 5.76. The number of aliphatic carboxylic acids is 1. The number of aliphatic hydroxyl groups excluding tert-OH is 19. The van der Waals surface area contributed by atoms with Crippen molar-refractivity contribution in [3.05, 3.63) is 12.2 Å². The second kappa shape index (κ2) is 57.8. The van der Waals surface area contributed by atoms with Gasteiger partial charge >= 0.3 is 5.97 Å². The number of hydrogen-bond acceptors (Lipinski definition) is 34. The molecule has 6 heterocycles. The first-order valence-corrected chi connectivity index (χ1v) is 45.5. The van der Waals surface area contributed by atoms with E-state index in [-0.39, 0.29) is 12.3 Å². The van der Waals surface area contributed by atoms with Gasteiger partial charge in [-0.25, -0.2) is 4.79 Å². The second-order valence-corrected chi connectivity index (χ2v) is 34.2. The molecule has 6 rings (SSSR count). The van der Waals surface area contributed by atoms with E-state index in [2.05, 4.69) is 24.5 Å². The van der Waals surface area contributed by atoms with Crippen molar-refractivity contribution in [1.29, 1.82) is 0 Å². The predicted octanol–water partition coefficient (Wildman–Crippen LogP) is 0.786. The van der Waals surface area contributed by atoms with Gasteiger partial charge in [0.1, 0.15) is 140 Å². The number of ether oxygens (including phenoxy) is 12. The van der Waals surface area contributed by atoms with Gasteiger partial charge in [-0.1, -0.05) is 231 Å². The van der Waals surface area contributed by atoms with E-state index >= 15 is 0 Å². The lowest BCUT2D eigenvalue weighted by Gasteiger charge is -2.52. The average molecular weight is 1760 g/mol. The molecule has 37 nitrogen and oxygen atoms in total. The van der Waals surface area contributed by atoms with Crippen molar-refractivity contribution in [2.45, 2.75) is 467 Å². The Balaban J connectivity index is 1.12. The largest absolute Gasteiger partial charge is 0.477 e. The molecule has 122 heavy (non-hydrogen) atoms. The molecule has 12 unspecified atom stereocenters. The van der Waals surface area contributed by atoms with Gasteiger partial charge in [0.05, 0.1) is 64.0 Å². The fourth-order valence-electron chi connectivity index (χ4n) is 16.7. The number of aliphatic hydroxyl groups is 19. The van der Waals surface area contributed by atoms with Crippen molar-refractivity contribution in [1.82, 2.24) is 10.6 Å². The molecule has 22 N–H and O–H groups in total. The highest BCUT2D eigenvalue weighted by atomic mass is 16.8. The molecule has 0 aromatic carbocycles. The molecule has 0 aromatic rings. The summed E-state index contributed by atoms with van der Waals surface area (Å²) in [6, 6.07) is -3.09. The first kappa shape index (κ1) is 108. The number of unbranched alkanes of at least 4 members (excludes halogenated alkanes) is 33. The number of allylic oxidation sites excluding steroid dienone is 1. The summed E-state index contributed by atoms with van der Waals surface area (Å²) in [5.74, 6) is -6.72. The van der Waals surface area contributed by atoms with Crippen LogP contribution in [0.5, 0.6) is 0 Å². The number of hydrogen-bond donors (Lipinski definition) is 22. The van der Waals surface area contributed by atoms with Crippen molar-refractivity contribution in [3.63, 3.8) is 0 Å². The van der Waals surface area contributed by atoms with Gasteiger partial charge in [-0.15, -0.1) is 0 Å². The third kappa shape index (κ3) is 33.4. The fourth-order valence-corrected chi connectivity index (χ4v) is 16.7. The summed E-state index contributed by atoms with van der Waals surface area (Å²) in [6.45, 7) is 0.586. The van der Waals surface area contributed by atoms with E-state index < -0.39 is 260 Å². The lowest BCUT2D eigenvalue weighted by atomic mass is 9.90. The smallest absolute Gasteiger partial charge is 0.364 e. The highest BCUT2D eigenvalue weighted by Crippen LogP contribution is 2.41. The molecule has 6 aliphatic heterocycles. The molecular formula is C85H154N2O35. The monoisotopic (exact) mass is 1760 g/mol. The molecule has 0 aliphatic carbocycles. The fraction of sp³-hybridized carbons (Fsp3) is 0.941. The molecule has 2 amide bonds. The van der Waals surface area contributed by atoms with Crippen LogP contribution in [-0.4, -0.2) is 361 Å². The van der Waals surface area contributed by atoms with E-state index in [0.717, 1.165) is 58.3 Å². The molecule has 714 valence electrons. The van der Waals surface area contributed by atoms with Gasteiger partial charge in [-0.2, -0.15) is 0 Å². The summed E-state index contributed by atoms with van der Waals surface area (Å²) in [7, 11) is 0.